The number of carboxylic acid groups (broad SMARTS) is 1. The Morgan fingerprint density at radius 1 is 0.955 bits per heavy atom. The van der Waals surface area contributed by atoms with Gasteiger partial charge in [-0.25, -0.2) is 9.78 Å². The maximum atomic E-state index is 11.7. The number of hydrogen-bond donors (Lipinski definition) is 2. The lowest BCUT2D eigenvalue weighted by Crippen LogP contribution is -2.17. The van der Waals surface area contributed by atoms with Gasteiger partial charge in [0.1, 0.15) is 0 Å². The summed E-state index contributed by atoms with van der Waals surface area (Å²) in [6, 6.07) is 15.7. The van der Waals surface area contributed by atoms with Gasteiger partial charge in [0.15, 0.2) is 0 Å². The average Bonchev–Trinajstić information content (AvgIpc) is 2.53. The molecule has 3 N–H and O–H groups in total. The first-order valence-corrected chi connectivity index (χ1v) is 6.60. The number of fused-ring (bicyclic) bond motifs is 1. The molecule has 3 aromatic rings. The van der Waals surface area contributed by atoms with Gasteiger partial charge in [0.05, 0.1) is 22.3 Å². The number of carbonyl (C=O) groups is 2. The van der Waals surface area contributed by atoms with Crippen LogP contribution in [0.15, 0.2) is 54.6 Å². The van der Waals surface area contributed by atoms with E-state index in [0.29, 0.717) is 11.3 Å². The molecule has 1 aromatic heterocycles. The lowest BCUT2D eigenvalue weighted by molar-refractivity contribution is 0.0692. The van der Waals surface area contributed by atoms with Gasteiger partial charge in [0.25, 0.3) is 0 Å². The van der Waals surface area contributed by atoms with Gasteiger partial charge in [-0.3, -0.25) is 4.79 Å². The fourth-order valence-corrected chi connectivity index (χ4v) is 2.43. The van der Waals surface area contributed by atoms with Crippen LogP contribution in [0.25, 0.3) is 22.2 Å². The molecular weight excluding hydrogens is 280 g/mol. The van der Waals surface area contributed by atoms with Crippen LogP contribution in [0.5, 0.6) is 0 Å². The molecular formula is C17H12N2O3. The quantitative estimate of drug-likeness (QED) is 0.776. The summed E-state index contributed by atoms with van der Waals surface area (Å²) in [5, 5.41) is 10.2. The Balaban J connectivity index is 2.28. The van der Waals surface area contributed by atoms with Gasteiger partial charge in [-0.1, -0.05) is 36.4 Å². The van der Waals surface area contributed by atoms with Crippen molar-refractivity contribution in [1.82, 2.24) is 4.98 Å². The normalized spacial score (nSPS) is 10.5. The van der Waals surface area contributed by atoms with Crippen LogP contribution in [0.4, 0.5) is 0 Å². The van der Waals surface area contributed by atoms with E-state index in [9.17, 15) is 14.7 Å². The molecule has 0 aliphatic heterocycles. The summed E-state index contributed by atoms with van der Waals surface area (Å²) < 4.78 is 0. The maximum absolute atomic E-state index is 11.7. The van der Waals surface area contributed by atoms with Crippen molar-refractivity contribution in [1.29, 1.82) is 0 Å². The monoisotopic (exact) mass is 292 g/mol. The summed E-state index contributed by atoms with van der Waals surface area (Å²) in [5.41, 5.74) is 6.90. The first kappa shape index (κ1) is 13.8. The van der Waals surface area contributed by atoms with Crippen molar-refractivity contribution in [3.05, 3.63) is 65.7 Å². The van der Waals surface area contributed by atoms with E-state index >= 15 is 0 Å². The third-order valence-corrected chi connectivity index (χ3v) is 3.42. The summed E-state index contributed by atoms with van der Waals surface area (Å²) in [7, 11) is 0. The summed E-state index contributed by atoms with van der Waals surface area (Å²) in [4.78, 5) is 27.5. The predicted octanol–water partition coefficient (Wildman–Crippen LogP) is 2.70. The molecule has 1 amide bonds. The number of rotatable bonds is 3. The van der Waals surface area contributed by atoms with E-state index in [1.165, 1.54) is 6.07 Å². The second kappa shape index (κ2) is 5.29. The SMILES string of the molecule is NC(=O)c1c(C(=O)O)cccc1-c1ccc2ccccc2n1. The fourth-order valence-electron chi connectivity index (χ4n) is 2.43. The van der Waals surface area contributed by atoms with Gasteiger partial charge in [-0.05, 0) is 18.2 Å². The first-order chi connectivity index (χ1) is 10.6. The summed E-state index contributed by atoms with van der Waals surface area (Å²) in [6.45, 7) is 0. The number of amides is 1. The van der Waals surface area contributed by atoms with Crippen LogP contribution in [0.1, 0.15) is 20.7 Å². The molecule has 0 bridgehead atoms. The minimum atomic E-state index is -1.20. The Morgan fingerprint density at radius 2 is 1.73 bits per heavy atom. The van der Waals surface area contributed by atoms with Crippen LogP contribution in [0, 0.1) is 0 Å². The fraction of sp³-hybridized carbons (Fsp3) is 0. The Kier molecular flexibility index (Phi) is 3.31. The highest BCUT2D eigenvalue weighted by Crippen LogP contribution is 2.26. The lowest BCUT2D eigenvalue weighted by atomic mass is 9.97. The van der Waals surface area contributed by atoms with E-state index in [2.05, 4.69) is 4.98 Å². The van der Waals surface area contributed by atoms with E-state index in [-0.39, 0.29) is 11.1 Å². The van der Waals surface area contributed by atoms with Crippen LogP contribution in [-0.2, 0) is 0 Å². The molecule has 2 aromatic carbocycles. The van der Waals surface area contributed by atoms with Crippen molar-refractivity contribution in [2.75, 3.05) is 0 Å². The Labute approximate surface area is 126 Å². The van der Waals surface area contributed by atoms with Gasteiger partial charge in [0, 0.05) is 10.9 Å². The zero-order chi connectivity index (χ0) is 15.7. The Hall–Kier alpha value is -3.21. The molecule has 0 atom stereocenters. The van der Waals surface area contributed by atoms with Crippen LogP contribution in [-0.4, -0.2) is 22.0 Å². The zero-order valence-electron chi connectivity index (χ0n) is 11.5. The molecule has 0 saturated carbocycles. The van der Waals surface area contributed by atoms with Crippen LogP contribution in [0.2, 0.25) is 0 Å². The van der Waals surface area contributed by atoms with E-state index in [1.54, 1.807) is 18.2 Å². The second-order valence-electron chi connectivity index (χ2n) is 4.79. The number of aromatic nitrogens is 1. The highest BCUT2D eigenvalue weighted by atomic mass is 16.4. The first-order valence-electron chi connectivity index (χ1n) is 6.60. The van der Waals surface area contributed by atoms with Crippen molar-refractivity contribution >= 4 is 22.8 Å². The zero-order valence-corrected chi connectivity index (χ0v) is 11.5. The number of para-hydroxylation sites is 1. The van der Waals surface area contributed by atoms with Gasteiger partial charge < -0.3 is 10.8 Å². The largest absolute Gasteiger partial charge is 0.478 e. The van der Waals surface area contributed by atoms with Crippen molar-refractivity contribution in [3.63, 3.8) is 0 Å². The number of pyridine rings is 1. The average molecular weight is 292 g/mol. The van der Waals surface area contributed by atoms with Crippen LogP contribution < -0.4 is 5.73 Å². The number of nitrogens with zero attached hydrogens (tertiary/aromatic N) is 1. The van der Waals surface area contributed by atoms with Gasteiger partial charge in [-0.15, -0.1) is 0 Å². The molecule has 0 saturated heterocycles. The number of carboxylic acids is 1. The third-order valence-electron chi connectivity index (χ3n) is 3.42. The van der Waals surface area contributed by atoms with Crippen molar-refractivity contribution in [2.45, 2.75) is 0 Å². The molecule has 108 valence electrons. The lowest BCUT2D eigenvalue weighted by Gasteiger charge is -2.10. The molecule has 5 heteroatoms. The van der Waals surface area contributed by atoms with Crippen molar-refractivity contribution < 1.29 is 14.7 Å². The smallest absolute Gasteiger partial charge is 0.336 e. The van der Waals surface area contributed by atoms with E-state index in [0.717, 1.165) is 10.9 Å². The van der Waals surface area contributed by atoms with Crippen molar-refractivity contribution in [3.8, 4) is 11.3 Å². The highest BCUT2D eigenvalue weighted by molar-refractivity contribution is 6.08. The molecule has 0 fully saturated rings. The molecule has 5 nitrogen and oxygen atoms in total. The molecule has 0 spiro atoms. The minimum Gasteiger partial charge on any atom is -0.478 e. The molecule has 1 heterocycles. The number of carbonyl (C=O) groups excluding carboxylic acids is 1. The van der Waals surface area contributed by atoms with Gasteiger partial charge >= 0.3 is 5.97 Å². The molecule has 0 aliphatic carbocycles. The number of benzene rings is 2. The van der Waals surface area contributed by atoms with Crippen LogP contribution in [0.3, 0.4) is 0 Å². The van der Waals surface area contributed by atoms with Gasteiger partial charge in [-0.2, -0.15) is 0 Å². The van der Waals surface area contributed by atoms with E-state index < -0.39 is 11.9 Å². The molecule has 22 heavy (non-hydrogen) atoms. The van der Waals surface area contributed by atoms with Crippen molar-refractivity contribution in [2.24, 2.45) is 5.73 Å². The number of nitrogens with two attached hydrogens (primary N) is 1. The van der Waals surface area contributed by atoms with Crippen LogP contribution >= 0.6 is 0 Å². The Morgan fingerprint density at radius 3 is 2.45 bits per heavy atom. The minimum absolute atomic E-state index is 0.0298. The Bertz CT molecular complexity index is 903. The van der Waals surface area contributed by atoms with E-state index in [4.69, 9.17) is 5.73 Å². The maximum Gasteiger partial charge on any atom is 0.336 e. The predicted molar refractivity (Wildman–Crippen MR) is 82.7 cm³/mol. The van der Waals surface area contributed by atoms with Gasteiger partial charge in [0.2, 0.25) is 5.91 Å². The molecule has 0 unspecified atom stereocenters. The number of aromatic carboxylic acids is 1. The highest BCUT2D eigenvalue weighted by Gasteiger charge is 2.20. The summed E-state index contributed by atoms with van der Waals surface area (Å²) in [5.74, 6) is -1.99. The number of primary amides is 1. The second-order valence-corrected chi connectivity index (χ2v) is 4.79. The standard InChI is InChI=1S/C17H12N2O3/c18-16(20)15-11(5-3-6-12(15)17(21)22)14-9-8-10-4-1-2-7-13(10)19-14/h1-9H,(H2,18,20)(H,21,22). The van der Waals surface area contributed by atoms with E-state index in [1.807, 2.05) is 30.3 Å². The summed E-state index contributed by atoms with van der Waals surface area (Å²) >= 11 is 0. The molecule has 3 rings (SSSR count). The molecule has 0 radical (unpaired) electrons. The third kappa shape index (κ3) is 2.29. The summed E-state index contributed by atoms with van der Waals surface area (Å²) in [6.07, 6.45) is 0. The molecule has 0 aliphatic rings. The number of hydrogen-bond acceptors (Lipinski definition) is 3. The topological polar surface area (TPSA) is 93.3 Å².